The lowest BCUT2D eigenvalue weighted by Gasteiger charge is -2.27. The van der Waals surface area contributed by atoms with E-state index in [1.54, 1.807) is 0 Å². The van der Waals surface area contributed by atoms with Crippen LogP contribution in [0.5, 0.6) is 0 Å². The van der Waals surface area contributed by atoms with E-state index in [2.05, 4.69) is 46.4 Å². The predicted octanol–water partition coefficient (Wildman–Crippen LogP) is 3.76. The van der Waals surface area contributed by atoms with Crippen LogP contribution in [0.15, 0.2) is 0 Å². The molecule has 0 aromatic carbocycles. The maximum atomic E-state index is 5.77. The summed E-state index contributed by atoms with van der Waals surface area (Å²) in [7, 11) is 0. The van der Waals surface area contributed by atoms with Crippen molar-refractivity contribution in [2.45, 2.75) is 60.8 Å². The van der Waals surface area contributed by atoms with Gasteiger partial charge in [0.05, 0.1) is 0 Å². The fourth-order valence-electron chi connectivity index (χ4n) is 2.33. The molecule has 0 heterocycles. The van der Waals surface area contributed by atoms with Gasteiger partial charge in [0.1, 0.15) is 0 Å². The van der Waals surface area contributed by atoms with E-state index in [1.165, 1.54) is 38.9 Å². The van der Waals surface area contributed by atoms with Crippen molar-refractivity contribution < 1.29 is 0 Å². The van der Waals surface area contributed by atoms with Crippen LogP contribution in [-0.2, 0) is 0 Å². The molecule has 0 fully saturated rings. The lowest BCUT2D eigenvalue weighted by atomic mass is 9.87. The SMILES string of the molecule is CC(C)CN(CCCCC(C)(C)CN)CC(C)C. The minimum atomic E-state index is 0.320. The highest BCUT2D eigenvalue weighted by Crippen LogP contribution is 2.21. The van der Waals surface area contributed by atoms with Gasteiger partial charge in [-0.3, -0.25) is 0 Å². The number of rotatable bonds is 10. The maximum absolute atomic E-state index is 5.77. The molecule has 0 radical (unpaired) electrons. The molecule has 2 nitrogen and oxygen atoms in total. The quantitative estimate of drug-likeness (QED) is 0.603. The lowest BCUT2D eigenvalue weighted by molar-refractivity contribution is 0.210. The molecular weight excluding hydrogens is 220 g/mol. The molecule has 0 aliphatic carbocycles. The van der Waals surface area contributed by atoms with Crippen molar-refractivity contribution in [3.63, 3.8) is 0 Å². The van der Waals surface area contributed by atoms with Crippen LogP contribution in [0.25, 0.3) is 0 Å². The molecule has 2 heteroatoms. The average molecular weight is 256 g/mol. The van der Waals surface area contributed by atoms with Crippen LogP contribution in [0.2, 0.25) is 0 Å². The first-order valence-corrected chi connectivity index (χ1v) is 7.69. The molecule has 2 N–H and O–H groups in total. The third-order valence-electron chi connectivity index (χ3n) is 3.38. The summed E-state index contributed by atoms with van der Waals surface area (Å²) >= 11 is 0. The summed E-state index contributed by atoms with van der Waals surface area (Å²) in [4.78, 5) is 2.63. The number of hydrogen-bond acceptors (Lipinski definition) is 2. The number of unbranched alkanes of at least 4 members (excludes halogenated alkanes) is 1. The highest BCUT2D eigenvalue weighted by Gasteiger charge is 2.15. The minimum absolute atomic E-state index is 0.320. The van der Waals surface area contributed by atoms with Crippen molar-refractivity contribution in [1.82, 2.24) is 4.90 Å². The number of hydrogen-bond donors (Lipinski definition) is 1. The van der Waals surface area contributed by atoms with E-state index in [0.29, 0.717) is 5.41 Å². The maximum Gasteiger partial charge on any atom is 0.000449 e. The van der Waals surface area contributed by atoms with Crippen molar-refractivity contribution >= 4 is 0 Å². The van der Waals surface area contributed by atoms with Crippen molar-refractivity contribution in [3.8, 4) is 0 Å². The normalized spacial score (nSPS) is 13.0. The highest BCUT2D eigenvalue weighted by molar-refractivity contribution is 4.70. The average Bonchev–Trinajstić information content (AvgIpc) is 2.22. The van der Waals surface area contributed by atoms with Gasteiger partial charge in [-0.15, -0.1) is 0 Å². The predicted molar refractivity (Wildman–Crippen MR) is 82.8 cm³/mol. The third-order valence-corrected chi connectivity index (χ3v) is 3.38. The number of nitrogens with zero attached hydrogens (tertiary/aromatic N) is 1. The Labute approximate surface area is 115 Å². The van der Waals surface area contributed by atoms with Crippen LogP contribution >= 0.6 is 0 Å². The van der Waals surface area contributed by atoms with Crippen molar-refractivity contribution in [3.05, 3.63) is 0 Å². The molecule has 0 unspecified atom stereocenters. The molecule has 0 aliphatic heterocycles. The Bertz CT molecular complexity index is 187. The molecule has 0 rings (SSSR count). The van der Waals surface area contributed by atoms with E-state index >= 15 is 0 Å². The molecule has 0 bridgehead atoms. The molecule has 0 atom stereocenters. The second kappa shape index (κ2) is 8.92. The van der Waals surface area contributed by atoms with Crippen LogP contribution in [0.4, 0.5) is 0 Å². The molecule has 18 heavy (non-hydrogen) atoms. The molecule has 0 aliphatic rings. The van der Waals surface area contributed by atoms with E-state index in [9.17, 15) is 0 Å². The second-order valence-electron chi connectivity index (χ2n) is 7.37. The van der Waals surface area contributed by atoms with E-state index in [1.807, 2.05) is 0 Å². The second-order valence-corrected chi connectivity index (χ2v) is 7.37. The monoisotopic (exact) mass is 256 g/mol. The van der Waals surface area contributed by atoms with Gasteiger partial charge in [-0.1, -0.05) is 48.0 Å². The van der Waals surface area contributed by atoms with Gasteiger partial charge in [-0.05, 0) is 43.2 Å². The topological polar surface area (TPSA) is 29.3 Å². The zero-order valence-corrected chi connectivity index (χ0v) is 13.6. The Balaban J connectivity index is 3.89. The molecule has 0 saturated heterocycles. The van der Waals surface area contributed by atoms with Gasteiger partial charge in [0, 0.05) is 13.1 Å². The molecule has 0 spiro atoms. The van der Waals surface area contributed by atoms with Crippen LogP contribution in [0.1, 0.15) is 60.8 Å². The van der Waals surface area contributed by atoms with Gasteiger partial charge < -0.3 is 10.6 Å². The fourth-order valence-corrected chi connectivity index (χ4v) is 2.33. The summed E-state index contributed by atoms with van der Waals surface area (Å²) in [6, 6.07) is 0. The highest BCUT2D eigenvalue weighted by atomic mass is 15.1. The van der Waals surface area contributed by atoms with Crippen LogP contribution in [0.3, 0.4) is 0 Å². The van der Waals surface area contributed by atoms with Gasteiger partial charge >= 0.3 is 0 Å². The van der Waals surface area contributed by atoms with Gasteiger partial charge in [0.15, 0.2) is 0 Å². The molecular formula is C16H36N2. The van der Waals surface area contributed by atoms with E-state index in [4.69, 9.17) is 5.73 Å². The van der Waals surface area contributed by atoms with Crippen molar-refractivity contribution in [2.75, 3.05) is 26.2 Å². The van der Waals surface area contributed by atoms with Gasteiger partial charge in [0.25, 0.3) is 0 Å². The summed E-state index contributed by atoms with van der Waals surface area (Å²) in [6.45, 7) is 18.3. The fraction of sp³-hybridized carbons (Fsp3) is 1.00. The summed E-state index contributed by atoms with van der Waals surface area (Å²) in [6.07, 6.45) is 3.86. The lowest BCUT2D eigenvalue weighted by Crippen LogP contribution is -2.32. The molecule has 0 aromatic rings. The smallest absolute Gasteiger partial charge is 0.000449 e. The summed E-state index contributed by atoms with van der Waals surface area (Å²) < 4.78 is 0. The van der Waals surface area contributed by atoms with Crippen molar-refractivity contribution in [1.29, 1.82) is 0 Å². The van der Waals surface area contributed by atoms with Gasteiger partial charge in [-0.25, -0.2) is 0 Å². The molecule has 0 aromatic heterocycles. The largest absolute Gasteiger partial charge is 0.330 e. The first-order chi connectivity index (χ1) is 8.26. The molecule has 0 saturated carbocycles. The third kappa shape index (κ3) is 9.90. The minimum Gasteiger partial charge on any atom is -0.330 e. The zero-order valence-electron chi connectivity index (χ0n) is 13.6. The van der Waals surface area contributed by atoms with Crippen LogP contribution < -0.4 is 5.73 Å². The first kappa shape index (κ1) is 17.9. The first-order valence-electron chi connectivity index (χ1n) is 7.69. The summed E-state index contributed by atoms with van der Waals surface area (Å²) in [5.41, 5.74) is 6.09. The standard InChI is InChI=1S/C16H36N2/c1-14(2)11-18(12-15(3)4)10-8-7-9-16(5,6)13-17/h14-15H,7-13,17H2,1-6H3. The van der Waals surface area contributed by atoms with Gasteiger partial charge in [-0.2, -0.15) is 0 Å². The van der Waals surface area contributed by atoms with E-state index in [0.717, 1.165) is 18.4 Å². The zero-order chi connectivity index (χ0) is 14.2. The Morgan fingerprint density at radius 2 is 1.44 bits per heavy atom. The Morgan fingerprint density at radius 1 is 0.944 bits per heavy atom. The van der Waals surface area contributed by atoms with E-state index in [-0.39, 0.29) is 0 Å². The molecule has 0 amide bonds. The van der Waals surface area contributed by atoms with E-state index < -0.39 is 0 Å². The Kier molecular flexibility index (Phi) is 8.89. The number of nitrogens with two attached hydrogens (primary N) is 1. The summed E-state index contributed by atoms with van der Waals surface area (Å²) in [5.74, 6) is 1.54. The van der Waals surface area contributed by atoms with Crippen LogP contribution in [-0.4, -0.2) is 31.1 Å². The summed E-state index contributed by atoms with van der Waals surface area (Å²) in [5, 5.41) is 0. The Morgan fingerprint density at radius 3 is 1.83 bits per heavy atom. The Hall–Kier alpha value is -0.0800. The van der Waals surface area contributed by atoms with Crippen molar-refractivity contribution in [2.24, 2.45) is 23.0 Å². The molecule has 110 valence electrons. The van der Waals surface area contributed by atoms with Gasteiger partial charge in [0.2, 0.25) is 0 Å². The van der Waals surface area contributed by atoms with Crippen LogP contribution in [0, 0.1) is 17.3 Å².